The molecule has 2 amide bonds. The number of nitrogens with zero attached hydrogens (tertiary/aromatic N) is 2. The minimum atomic E-state index is -0.950. The highest BCUT2D eigenvalue weighted by Gasteiger charge is 2.36. The van der Waals surface area contributed by atoms with Crippen LogP contribution in [0.1, 0.15) is 20.8 Å². The van der Waals surface area contributed by atoms with Crippen molar-refractivity contribution in [1.29, 1.82) is 0 Å². The lowest BCUT2D eigenvalue weighted by Crippen LogP contribution is -2.61. The van der Waals surface area contributed by atoms with Crippen LogP contribution in [0.4, 0.5) is 9.59 Å². The molecule has 0 atom stereocenters. The highest BCUT2D eigenvalue weighted by molar-refractivity contribution is 5.70. The lowest BCUT2D eigenvalue weighted by molar-refractivity contribution is -0.00120. The molecule has 0 radical (unpaired) electrons. The van der Waals surface area contributed by atoms with Gasteiger partial charge in [-0.1, -0.05) is 0 Å². The monoisotopic (exact) mass is 230 g/mol. The van der Waals surface area contributed by atoms with E-state index in [-0.39, 0.29) is 6.04 Å². The molecule has 0 saturated carbocycles. The van der Waals surface area contributed by atoms with Crippen molar-refractivity contribution in [2.75, 3.05) is 20.1 Å². The average molecular weight is 230 g/mol. The van der Waals surface area contributed by atoms with E-state index in [1.807, 2.05) is 0 Å². The number of likely N-dealkylation sites (N-methyl/N-ethyl adjacent to an activating group) is 1. The summed E-state index contributed by atoms with van der Waals surface area (Å²) in [7, 11) is 1.62. The summed E-state index contributed by atoms with van der Waals surface area (Å²) in [6, 6.07) is -0.0778. The molecule has 0 aromatic rings. The largest absolute Gasteiger partial charge is 0.465 e. The molecule has 92 valence electrons. The first kappa shape index (κ1) is 12.6. The predicted molar refractivity (Wildman–Crippen MR) is 57.4 cm³/mol. The Balaban J connectivity index is 2.40. The van der Waals surface area contributed by atoms with Gasteiger partial charge < -0.3 is 19.6 Å². The van der Waals surface area contributed by atoms with Gasteiger partial charge in [-0.2, -0.15) is 0 Å². The molecule has 6 nitrogen and oxygen atoms in total. The van der Waals surface area contributed by atoms with Crippen molar-refractivity contribution in [3.63, 3.8) is 0 Å². The molecule has 1 N–H and O–H groups in total. The van der Waals surface area contributed by atoms with Crippen LogP contribution in [0.2, 0.25) is 0 Å². The smallest absolute Gasteiger partial charge is 0.410 e. The normalized spacial score (nSPS) is 16.6. The number of likely N-dealkylation sites (tertiary alicyclic amines) is 1. The second-order valence-electron chi connectivity index (χ2n) is 4.93. The summed E-state index contributed by atoms with van der Waals surface area (Å²) in [6.07, 6.45) is -1.36. The third-order valence-electron chi connectivity index (χ3n) is 2.36. The Kier molecular flexibility index (Phi) is 3.30. The van der Waals surface area contributed by atoms with Gasteiger partial charge in [0.2, 0.25) is 0 Å². The zero-order valence-corrected chi connectivity index (χ0v) is 10.1. The molecule has 1 aliphatic heterocycles. The van der Waals surface area contributed by atoms with Crippen molar-refractivity contribution in [3.8, 4) is 0 Å². The van der Waals surface area contributed by atoms with Gasteiger partial charge in [0.25, 0.3) is 0 Å². The van der Waals surface area contributed by atoms with E-state index in [1.165, 1.54) is 9.80 Å². The third-order valence-corrected chi connectivity index (χ3v) is 2.36. The Morgan fingerprint density at radius 2 is 1.88 bits per heavy atom. The van der Waals surface area contributed by atoms with Crippen LogP contribution in [-0.4, -0.2) is 58.9 Å². The summed E-state index contributed by atoms with van der Waals surface area (Å²) in [6.45, 7) is 6.09. The quantitative estimate of drug-likeness (QED) is 0.735. The minimum absolute atomic E-state index is 0.0778. The van der Waals surface area contributed by atoms with Crippen molar-refractivity contribution < 1.29 is 19.4 Å². The van der Waals surface area contributed by atoms with Gasteiger partial charge in [-0.15, -0.1) is 0 Å². The Hall–Kier alpha value is -1.46. The fourth-order valence-corrected chi connectivity index (χ4v) is 1.34. The van der Waals surface area contributed by atoms with Gasteiger partial charge >= 0.3 is 12.2 Å². The number of carboxylic acid groups (broad SMARTS) is 1. The van der Waals surface area contributed by atoms with E-state index in [2.05, 4.69) is 0 Å². The maximum Gasteiger partial charge on any atom is 0.410 e. The summed E-state index contributed by atoms with van der Waals surface area (Å²) in [5.41, 5.74) is -0.526. The lowest BCUT2D eigenvalue weighted by atomic mass is 10.1. The van der Waals surface area contributed by atoms with E-state index in [9.17, 15) is 9.59 Å². The predicted octanol–water partition coefficient (Wildman–Crippen LogP) is 1.22. The fraction of sp³-hybridized carbons (Fsp3) is 0.800. The number of hydrogen-bond donors (Lipinski definition) is 1. The van der Waals surface area contributed by atoms with Gasteiger partial charge in [-0.25, -0.2) is 9.59 Å². The van der Waals surface area contributed by atoms with Crippen molar-refractivity contribution in [2.45, 2.75) is 32.4 Å². The molecule has 0 aromatic carbocycles. The van der Waals surface area contributed by atoms with E-state index < -0.39 is 17.8 Å². The van der Waals surface area contributed by atoms with Gasteiger partial charge in [0.1, 0.15) is 5.60 Å². The molecular weight excluding hydrogens is 212 g/mol. The first-order valence-corrected chi connectivity index (χ1v) is 5.14. The van der Waals surface area contributed by atoms with Crippen molar-refractivity contribution in [3.05, 3.63) is 0 Å². The Labute approximate surface area is 94.8 Å². The van der Waals surface area contributed by atoms with Crippen LogP contribution in [0.5, 0.6) is 0 Å². The second kappa shape index (κ2) is 4.19. The van der Waals surface area contributed by atoms with Gasteiger partial charge in [-0.05, 0) is 20.8 Å². The van der Waals surface area contributed by atoms with Gasteiger partial charge in [-0.3, -0.25) is 0 Å². The molecule has 0 aromatic heterocycles. The Bertz CT molecular complexity index is 292. The zero-order chi connectivity index (χ0) is 12.5. The Morgan fingerprint density at radius 1 is 1.38 bits per heavy atom. The Morgan fingerprint density at radius 3 is 2.25 bits per heavy atom. The number of hydrogen-bond acceptors (Lipinski definition) is 3. The topological polar surface area (TPSA) is 70.1 Å². The SMILES string of the molecule is CN(C(=O)OC(C)(C)C)C1CN(C(=O)O)C1. The van der Waals surface area contributed by atoms with Crippen LogP contribution in [0.25, 0.3) is 0 Å². The molecular formula is C10H18N2O4. The van der Waals surface area contributed by atoms with E-state index >= 15 is 0 Å². The van der Waals surface area contributed by atoms with Gasteiger partial charge in [0, 0.05) is 20.1 Å². The summed E-state index contributed by atoms with van der Waals surface area (Å²) < 4.78 is 5.17. The molecule has 1 heterocycles. The maximum atomic E-state index is 11.6. The minimum Gasteiger partial charge on any atom is -0.465 e. The summed E-state index contributed by atoms with van der Waals surface area (Å²) >= 11 is 0. The first-order chi connectivity index (χ1) is 7.20. The summed E-state index contributed by atoms with van der Waals surface area (Å²) in [5, 5.41) is 8.65. The average Bonchev–Trinajstić information content (AvgIpc) is 1.96. The van der Waals surface area contributed by atoms with Gasteiger partial charge in [0.05, 0.1) is 6.04 Å². The third kappa shape index (κ3) is 3.01. The maximum absolute atomic E-state index is 11.6. The standard InChI is InChI=1S/C10H18N2O4/c1-10(2,3)16-9(15)11(4)7-5-12(6-7)8(13)14/h7H,5-6H2,1-4H3,(H,13,14). The van der Waals surface area contributed by atoms with Crippen LogP contribution < -0.4 is 0 Å². The molecule has 16 heavy (non-hydrogen) atoms. The lowest BCUT2D eigenvalue weighted by Gasteiger charge is -2.42. The van der Waals surface area contributed by atoms with Crippen LogP contribution in [0.15, 0.2) is 0 Å². The van der Waals surface area contributed by atoms with Crippen LogP contribution in [0, 0.1) is 0 Å². The summed E-state index contributed by atoms with van der Waals surface area (Å²) in [4.78, 5) is 24.9. The molecule has 0 bridgehead atoms. The highest BCUT2D eigenvalue weighted by atomic mass is 16.6. The molecule has 1 rings (SSSR count). The number of carbonyl (C=O) groups excluding carboxylic acids is 1. The molecule has 0 unspecified atom stereocenters. The van der Waals surface area contributed by atoms with E-state index in [0.717, 1.165) is 0 Å². The van der Waals surface area contributed by atoms with Crippen LogP contribution in [0.3, 0.4) is 0 Å². The molecule has 1 saturated heterocycles. The van der Waals surface area contributed by atoms with Crippen LogP contribution in [-0.2, 0) is 4.74 Å². The summed E-state index contributed by atoms with van der Waals surface area (Å²) in [5.74, 6) is 0. The number of carbonyl (C=O) groups is 2. The molecule has 0 spiro atoms. The van der Waals surface area contributed by atoms with Crippen molar-refractivity contribution in [2.24, 2.45) is 0 Å². The van der Waals surface area contributed by atoms with Crippen molar-refractivity contribution >= 4 is 12.2 Å². The zero-order valence-electron chi connectivity index (χ0n) is 10.1. The number of rotatable bonds is 1. The molecule has 0 aliphatic carbocycles. The van der Waals surface area contributed by atoms with Crippen LogP contribution >= 0.6 is 0 Å². The van der Waals surface area contributed by atoms with Crippen molar-refractivity contribution in [1.82, 2.24) is 9.80 Å². The number of ether oxygens (including phenoxy) is 1. The van der Waals surface area contributed by atoms with E-state index in [1.54, 1.807) is 27.8 Å². The fourth-order valence-electron chi connectivity index (χ4n) is 1.34. The van der Waals surface area contributed by atoms with E-state index in [4.69, 9.17) is 9.84 Å². The molecule has 1 fully saturated rings. The van der Waals surface area contributed by atoms with Gasteiger partial charge in [0.15, 0.2) is 0 Å². The molecule has 1 aliphatic rings. The second-order valence-corrected chi connectivity index (χ2v) is 4.93. The number of amides is 2. The first-order valence-electron chi connectivity index (χ1n) is 5.14. The highest BCUT2D eigenvalue weighted by Crippen LogP contribution is 2.16. The molecule has 6 heteroatoms. The van der Waals surface area contributed by atoms with E-state index in [0.29, 0.717) is 13.1 Å².